The van der Waals surface area contributed by atoms with E-state index >= 15 is 0 Å². The minimum Gasteiger partial charge on any atom is -0.409 e. The molecular weight excluding hydrogens is 258 g/mol. The lowest BCUT2D eigenvalue weighted by Crippen LogP contribution is -2.32. The summed E-state index contributed by atoms with van der Waals surface area (Å²) in [5.74, 6) is 0.395. The van der Waals surface area contributed by atoms with Crippen molar-refractivity contribution in [2.24, 2.45) is 16.8 Å². The maximum absolute atomic E-state index is 11.4. The number of oxime groups is 1. The Morgan fingerprint density at radius 1 is 1.50 bits per heavy atom. The molecule has 108 valence electrons. The van der Waals surface area contributed by atoms with Crippen molar-refractivity contribution >= 4 is 11.7 Å². The van der Waals surface area contributed by atoms with Gasteiger partial charge in [0.2, 0.25) is 5.91 Å². The molecule has 0 atom stereocenters. The van der Waals surface area contributed by atoms with Crippen LogP contribution in [0.2, 0.25) is 0 Å². The zero-order valence-electron chi connectivity index (χ0n) is 11.2. The van der Waals surface area contributed by atoms with E-state index in [1.807, 2.05) is 6.07 Å². The van der Waals surface area contributed by atoms with Crippen LogP contribution >= 0.6 is 0 Å². The molecule has 1 aliphatic carbocycles. The third-order valence-electron chi connectivity index (χ3n) is 3.07. The van der Waals surface area contributed by atoms with Crippen LogP contribution in [0.3, 0.4) is 0 Å². The topological polar surface area (TPSA) is 113 Å². The molecule has 0 saturated heterocycles. The van der Waals surface area contributed by atoms with E-state index in [0.717, 1.165) is 18.4 Å². The number of amidine groups is 1. The summed E-state index contributed by atoms with van der Waals surface area (Å²) in [6, 6.07) is 3.61. The molecule has 0 spiro atoms. The Morgan fingerprint density at radius 3 is 3.00 bits per heavy atom. The Morgan fingerprint density at radius 2 is 2.30 bits per heavy atom. The normalized spacial score (nSPS) is 15.1. The zero-order valence-corrected chi connectivity index (χ0v) is 11.2. The fourth-order valence-corrected chi connectivity index (χ4v) is 1.77. The van der Waals surface area contributed by atoms with Crippen molar-refractivity contribution in [2.75, 3.05) is 13.1 Å². The highest BCUT2D eigenvalue weighted by Crippen LogP contribution is 2.28. The molecule has 1 aliphatic rings. The highest BCUT2D eigenvalue weighted by atomic mass is 16.4. The molecule has 1 saturated carbocycles. The van der Waals surface area contributed by atoms with E-state index in [-0.39, 0.29) is 17.7 Å². The molecule has 5 N–H and O–H groups in total. The summed E-state index contributed by atoms with van der Waals surface area (Å²) in [7, 11) is 0. The standard InChI is InChI=1S/C13H19N5O2/c14-12(18-20)11-7-9(3-4-16-11)8-15-5-6-17-13(19)10-1-2-10/h3-4,7,10,15,20H,1-2,5-6,8H2,(H2,14,18)(H,17,19). The van der Waals surface area contributed by atoms with Gasteiger partial charge < -0.3 is 21.6 Å². The van der Waals surface area contributed by atoms with E-state index in [4.69, 9.17) is 10.9 Å². The highest BCUT2D eigenvalue weighted by molar-refractivity contribution is 5.95. The van der Waals surface area contributed by atoms with Gasteiger partial charge in [0.15, 0.2) is 5.84 Å². The van der Waals surface area contributed by atoms with Crippen LogP contribution in [0.1, 0.15) is 24.1 Å². The monoisotopic (exact) mass is 277 g/mol. The largest absolute Gasteiger partial charge is 0.409 e. The van der Waals surface area contributed by atoms with E-state index in [1.165, 1.54) is 0 Å². The van der Waals surface area contributed by atoms with Gasteiger partial charge in [0, 0.05) is 31.7 Å². The van der Waals surface area contributed by atoms with Gasteiger partial charge in [-0.3, -0.25) is 9.78 Å². The molecule has 2 rings (SSSR count). The summed E-state index contributed by atoms with van der Waals surface area (Å²) in [4.78, 5) is 15.4. The van der Waals surface area contributed by atoms with Crippen molar-refractivity contribution in [3.63, 3.8) is 0 Å². The van der Waals surface area contributed by atoms with Gasteiger partial charge in [-0.15, -0.1) is 0 Å². The maximum Gasteiger partial charge on any atom is 0.223 e. The SMILES string of the molecule is N/C(=N/O)c1cc(CNCCNC(=O)C2CC2)ccn1. The summed E-state index contributed by atoms with van der Waals surface area (Å²) < 4.78 is 0. The Kier molecular flexibility index (Phi) is 4.89. The van der Waals surface area contributed by atoms with Crippen LogP contribution in [0.15, 0.2) is 23.5 Å². The number of aromatic nitrogens is 1. The van der Waals surface area contributed by atoms with Gasteiger partial charge in [0.25, 0.3) is 0 Å². The smallest absolute Gasteiger partial charge is 0.223 e. The van der Waals surface area contributed by atoms with Crippen molar-refractivity contribution in [2.45, 2.75) is 19.4 Å². The molecule has 1 fully saturated rings. The number of pyridine rings is 1. The first-order valence-corrected chi connectivity index (χ1v) is 6.62. The Labute approximate surface area is 117 Å². The molecule has 0 bridgehead atoms. The van der Waals surface area contributed by atoms with Crippen LogP contribution in [-0.4, -0.2) is 35.0 Å². The average Bonchev–Trinajstić information content (AvgIpc) is 3.31. The Balaban J connectivity index is 1.69. The number of nitrogens with zero attached hydrogens (tertiary/aromatic N) is 2. The van der Waals surface area contributed by atoms with Gasteiger partial charge in [-0.05, 0) is 30.5 Å². The van der Waals surface area contributed by atoms with Crippen LogP contribution in [0.4, 0.5) is 0 Å². The number of hydrogen-bond acceptors (Lipinski definition) is 5. The van der Waals surface area contributed by atoms with E-state index in [1.54, 1.807) is 12.3 Å². The number of hydrogen-bond donors (Lipinski definition) is 4. The Bertz CT molecular complexity index is 499. The van der Waals surface area contributed by atoms with Crippen LogP contribution in [-0.2, 0) is 11.3 Å². The van der Waals surface area contributed by atoms with Crippen molar-refractivity contribution in [1.29, 1.82) is 0 Å². The van der Waals surface area contributed by atoms with Crippen LogP contribution in [0.5, 0.6) is 0 Å². The van der Waals surface area contributed by atoms with Gasteiger partial charge in [0.05, 0.1) is 0 Å². The van der Waals surface area contributed by atoms with E-state index in [0.29, 0.717) is 25.3 Å². The first-order valence-electron chi connectivity index (χ1n) is 6.62. The van der Waals surface area contributed by atoms with Crippen molar-refractivity contribution in [1.82, 2.24) is 15.6 Å². The fourth-order valence-electron chi connectivity index (χ4n) is 1.77. The third kappa shape index (κ3) is 4.20. The second kappa shape index (κ2) is 6.85. The number of carbonyl (C=O) groups is 1. The minimum atomic E-state index is -0.0106. The lowest BCUT2D eigenvalue weighted by atomic mass is 10.2. The summed E-state index contributed by atoms with van der Waals surface area (Å²) in [6.45, 7) is 1.95. The van der Waals surface area contributed by atoms with Gasteiger partial charge in [-0.1, -0.05) is 5.16 Å². The molecule has 1 aromatic heterocycles. The number of rotatable bonds is 7. The van der Waals surface area contributed by atoms with Crippen molar-refractivity contribution in [3.05, 3.63) is 29.6 Å². The van der Waals surface area contributed by atoms with Gasteiger partial charge >= 0.3 is 0 Å². The lowest BCUT2D eigenvalue weighted by molar-refractivity contribution is -0.122. The van der Waals surface area contributed by atoms with Crippen LogP contribution in [0, 0.1) is 5.92 Å². The molecule has 0 aromatic carbocycles. The second-order valence-corrected chi connectivity index (χ2v) is 4.78. The predicted octanol–water partition coefficient (Wildman–Crippen LogP) is -0.208. The fraction of sp³-hybridized carbons (Fsp3) is 0.462. The predicted molar refractivity (Wildman–Crippen MR) is 74.2 cm³/mol. The average molecular weight is 277 g/mol. The summed E-state index contributed by atoms with van der Waals surface area (Å²) in [6.07, 6.45) is 3.65. The summed E-state index contributed by atoms with van der Waals surface area (Å²) in [5.41, 5.74) is 6.90. The highest BCUT2D eigenvalue weighted by Gasteiger charge is 2.28. The number of nitrogens with two attached hydrogens (primary N) is 1. The first kappa shape index (κ1) is 14.3. The molecule has 7 nitrogen and oxygen atoms in total. The van der Waals surface area contributed by atoms with E-state index in [2.05, 4.69) is 20.8 Å². The molecule has 7 heteroatoms. The van der Waals surface area contributed by atoms with E-state index < -0.39 is 0 Å². The lowest BCUT2D eigenvalue weighted by Gasteiger charge is -2.07. The molecule has 1 heterocycles. The van der Waals surface area contributed by atoms with Crippen LogP contribution < -0.4 is 16.4 Å². The quantitative estimate of drug-likeness (QED) is 0.181. The molecule has 20 heavy (non-hydrogen) atoms. The Hall–Kier alpha value is -2.15. The van der Waals surface area contributed by atoms with Crippen LogP contribution in [0.25, 0.3) is 0 Å². The van der Waals surface area contributed by atoms with Gasteiger partial charge in [0.1, 0.15) is 5.69 Å². The maximum atomic E-state index is 11.4. The number of nitrogens with one attached hydrogen (secondary N) is 2. The van der Waals surface area contributed by atoms with Gasteiger partial charge in [-0.2, -0.15) is 0 Å². The van der Waals surface area contributed by atoms with Crippen molar-refractivity contribution in [3.8, 4) is 0 Å². The zero-order chi connectivity index (χ0) is 14.4. The number of carbonyl (C=O) groups excluding carboxylic acids is 1. The molecular formula is C13H19N5O2. The molecule has 0 aliphatic heterocycles. The first-order chi connectivity index (χ1) is 9.70. The third-order valence-corrected chi connectivity index (χ3v) is 3.07. The minimum absolute atomic E-state index is 0.0106. The summed E-state index contributed by atoms with van der Waals surface area (Å²) >= 11 is 0. The number of amides is 1. The summed E-state index contributed by atoms with van der Waals surface area (Å²) in [5, 5.41) is 17.6. The molecule has 1 aromatic rings. The molecule has 1 amide bonds. The van der Waals surface area contributed by atoms with Crippen molar-refractivity contribution < 1.29 is 10.0 Å². The molecule has 0 unspecified atom stereocenters. The molecule has 0 radical (unpaired) electrons. The van der Waals surface area contributed by atoms with Gasteiger partial charge in [-0.25, -0.2) is 0 Å². The van der Waals surface area contributed by atoms with E-state index in [9.17, 15) is 4.79 Å². The second-order valence-electron chi connectivity index (χ2n) is 4.78.